The van der Waals surface area contributed by atoms with Gasteiger partial charge in [-0.05, 0) is 56.8 Å². The van der Waals surface area contributed by atoms with Crippen LogP contribution in [0.3, 0.4) is 0 Å². The van der Waals surface area contributed by atoms with E-state index < -0.39 is 0 Å². The van der Waals surface area contributed by atoms with E-state index >= 15 is 0 Å². The largest absolute Gasteiger partial charge is 0.368 e. The summed E-state index contributed by atoms with van der Waals surface area (Å²) >= 11 is 0. The van der Waals surface area contributed by atoms with Crippen molar-refractivity contribution in [2.45, 2.75) is 39.2 Å². The fraction of sp³-hybridized carbons (Fsp3) is 0.625. The Morgan fingerprint density at radius 2 is 2.22 bits per heavy atom. The molecule has 2 aliphatic rings. The van der Waals surface area contributed by atoms with Crippen LogP contribution in [0.25, 0.3) is 0 Å². The van der Waals surface area contributed by atoms with Crippen LogP contribution >= 0.6 is 0 Å². The smallest absolute Gasteiger partial charge is 0.0401 e. The fourth-order valence-corrected chi connectivity index (χ4v) is 3.56. The lowest BCUT2D eigenvalue weighted by Gasteiger charge is -2.43. The number of anilines is 1. The van der Waals surface area contributed by atoms with Gasteiger partial charge in [0.2, 0.25) is 0 Å². The van der Waals surface area contributed by atoms with E-state index in [9.17, 15) is 0 Å². The van der Waals surface area contributed by atoms with Gasteiger partial charge >= 0.3 is 0 Å². The maximum absolute atomic E-state index is 3.51. The Labute approximate surface area is 110 Å². The van der Waals surface area contributed by atoms with Gasteiger partial charge in [0, 0.05) is 18.3 Å². The average Bonchev–Trinajstić information content (AvgIpc) is 2.38. The summed E-state index contributed by atoms with van der Waals surface area (Å²) in [6.45, 7) is 8.17. The van der Waals surface area contributed by atoms with Crippen molar-refractivity contribution >= 4 is 5.69 Å². The third-order valence-electron chi connectivity index (χ3n) is 4.53. The fourth-order valence-electron chi connectivity index (χ4n) is 3.56. The highest BCUT2D eigenvalue weighted by atomic mass is 15.2. The van der Waals surface area contributed by atoms with Crippen LogP contribution in [0.5, 0.6) is 0 Å². The molecule has 1 aromatic rings. The topological polar surface area (TPSA) is 15.3 Å². The van der Waals surface area contributed by atoms with E-state index in [0.717, 1.165) is 12.0 Å². The maximum Gasteiger partial charge on any atom is 0.0401 e. The summed E-state index contributed by atoms with van der Waals surface area (Å²) < 4.78 is 0. The summed E-state index contributed by atoms with van der Waals surface area (Å²) in [6.07, 6.45) is 3.86. The normalized spacial score (nSPS) is 28.0. The molecule has 18 heavy (non-hydrogen) atoms. The minimum Gasteiger partial charge on any atom is -0.368 e. The average molecular weight is 244 g/mol. The summed E-state index contributed by atoms with van der Waals surface area (Å²) in [7, 11) is 0. The van der Waals surface area contributed by atoms with Crippen molar-refractivity contribution < 1.29 is 0 Å². The van der Waals surface area contributed by atoms with Gasteiger partial charge in [-0.2, -0.15) is 0 Å². The van der Waals surface area contributed by atoms with Gasteiger partial charge in [0.05, 0.1) is 0 Å². The molecule has 2 heteroatoms. The first kappa shape index (κ1) is 12.0. The Bertz CT molecular complexity index is 427. The number of fused-ring (bicyclic) bond motifs is 1. The summed E-state index contributed by atoms with van der Waals surface area (Å²) in [5, 5.41) is 3.51. The first-order valence-corrected chi connectivity index (χ1v) is 7.32. The van der Waals surface area contributed by atoms with E-state index in [1.54, 1.807) is 5.56 Å². The standard InChI is InChI=1S/C16H24N2/c1-12-5-6-16-14(10-12)4-3-9-18(16)15-7-8-17-11-13(15)2/h5-6,10,13,15,17H,3-4,7-9,11H2,1-2H3. The van der Waals surface area contributed by atoms with Crippen LogP contribution in [0.15, 0.2) is 18.2 Å². The zero-order valence-corrected chi connectivity index (χ0v) is 11.6. The Balaban J connectivity index is 1.90. The van der Waals surface area contributed by atoms with Gasteiger partial charge in [0.1, 0.15) is 0 Å². The molecule has 0 bridgehead atoms. The number of rotatable bonds is 1. The first-order chi connectivity index (χ1) is 8.75. The van der Waals surface area contributed by atoms with Crippen molar-refractivity contribution in [3.05, 3.63) is 29.3 Å². The van der Waals surface area contributed by atoms with Crippen molar-refractivity contribution in [2.75, 3.05) is 24.5 Å². The van der Waals surface area contributed by atoms with E-state index in [2.05, 4.69) is 42.3 Å². The van der Waals surface area contributed by atoms with Gasteiger partial charge in [0.25, 0.3) is 0 Å². The zero-order chi connectivity index (χ0) is 12.5. The Hall–Kier alpha value is -1.02. The van der Waals surface area contributed by atoms with Gasteiger partial charge < -0.3 is 10.2 Å². The predicted molar refractivity (Wildman–Crippen MR) is 77.3 cm³/mol. The number of hydrogen-bond acceptors (Lipinski definition) is 2. The molecule has 0 aliphatic carbocycles. The minimum absolute atomic E-state index is 0.730. The van der Waals surface area contributed by atoms with Crippen molar-refractivity contribution in [2.24, 2.45) is 5.92 Å². The van der Waals surface area contributed by atoms with Crippen LogP contribution in [0.4, 0.5) is 5.69 Å². The lowest BCUT2D eigenvalue weighted by atomic mass is 9.90. The summed E-state index contributed by atoms with van der Waals surface area (Å²) in [4.78, 5) is 2.68. The Morgan fingerprint density at radius 3 is 3.06 bits per heavy atom. The molecular weight excluding hydrogens is 220 g/mol. The lowest BCUT2D eigenvalue weighted by molar-refractivity contribution is 0.326. The lowest BCUT2D eigenvalue weighted by Crippen LogP contribution is -2.50. The zero-order valence-electron chi connectivity index (χ0n) is 11.6. The second-order valence-electron chi connectivity index (χ2n) is 5.97. The van der Waals surface area contributed by atoms with Gasteiger partial charge in [-0.3, -0.25) is 0 Å². The molecule has 1 N–H and O–H groups in total. The number of piperidine rings is 1. The number of nitrogens with zero attached hydrogens (tertiary/aromatic N) is 1. The molecule has 2 nitrogen and oxygen atoms in total. The van der Waals surface area contributed by atoms with Gasteiger partial charge in [-0.1, -0.05) is 24.6 Å². The molecule has 0 radical (unpaired) electrons. The molecule has 2 aliphatic heterocycles. The molecule has 1 saturated heterocycles. The molecule has 2 unspecified atom stereocenters. The summed E-state index contributed by atoms with van der Waals surface area (Å²) in [5.41, 5.74) is 4.46. The number of hydrogen-bond donors (Lipinski definition) is 1. The highest BCUT2D eigenvalue weighted by Gasteiger charge is 2.29. The van der Waals surface area contributed by atoms with Crippen molar-refractivity contribution in [3.8, 4) is 0 Å². The van der Waals surface area contributed by atoms with Crippen molar-refractivity contribution in [3.63, 3.8) is 0 Å². The van der Waals surface area contributed by atoms with E-state index in [4.69, 9.17) is 0 Å². The first-order valence-electron chi connectivity index (χ1n) is 7.32. The molecule has 2 atom stereocenters. The van der Waals surface area contributed by atoms with Crippen LogP contribution in [0, 0.1) is 12.8 Å². The molecule has 0 saturated carbocycles. The highest BCUT2D eigenvalue weighted by molar-refractivity contribution is 5.57. The number of nitrogens with one attached hydrogen (secondary N) is 1. The van der Waals surface area contributed by atoms with Gasteiger partial charge in [0.15, 0.2) is 0 Å². The summed E-state index contributed by atoms with van der Waals surface area (Å²) in [5.74, 6) is 0.756. The Morgan fingerprint density at radius 1 is 1.33 bits per heavy atom. The molecule has 98 valence electrons. The van der Waals surface area contributed by atoms with E-state index in [1.807, 2.05) is 0 Å². The third-order valence-corrected chi connectivity index (χ3v) is 4.53. The third kappa shape index (κ3) is 2.14. The molecule has 3 rings (SSSR count). The monoisotopic (exact) mass is 244 g/mol. The number of benzene rings is 1. The van der Waals surface area contributed by atoms with E-state index in [-0.39, 0.29) is 0 Å². The molecular formula is C16H24N2. The maximum atomic E-state index is 3.51. The molecule has 0 spiro atoms. The van der Waals surface area contributed by atoms with Crippen LogP contribution in [-0.2, 0) is 6.42 Å². The van der Waals surface area contributed by atoms with E-state index in [1.165, 1.54) is 50.1 Å². The molecule has 0 aromatic heterocycles. The van der Waals surface area contributed by atoms with Crippen molar-refractivity contribution in [1.29, 1.82) is 0 Å². The second kappa shape index (κ2) is 4.93. The van der Waals surface area contributed by atoms with Gasteiger partial charge in [-0.15, -0.1) is 0 Å². The van der Waals surface area contributed by atoms with Gasteiger partial charge in [-0.25, -0.2) is 0 Å². The van der Waals surface area contributed by atoms with Crippen LogP contribution in [-0.4, -0.2) is 25.7 Å². The van der Waals surface area contributed by atoms with Crippen LogP contribution in [0.1, 0.15) is 30.9 Å². The predicted octanol–water partition coefficient (Wildman–Crippen LogP) is 2.75. The molecule has 1 fully saturated rings. The quantitative estimate of drug-likeness (QED) is 0.817. The SMILES string of the molecule is Cc1ccc2c(c1)CCCN2C1CCNCC1C. The molecule has 1 aromatic carbocycles. The van der Waals surface area contributed by atoms with Crippen molar-refractivity contribution in [1.82, 2.24) is 5.32 Å². The summed E-state index contributed by atoms with van der Waals surface area (Å²) in [6, 6.07) is 7.72. The molecule has 2 heterocycles. The number of aryl methyl sites for hydroxylation is 2. The second-order valence-corrected chi connectivity index (χ2v) is 5.97. The highest BCUT2D eigenvalue weighted by Crippen LogP contribution is 2.32. The van der Waals surface area contributed by atoms with Crippen LogP contribution < -0.4 is 10.2 Å². The van der Waals surface area contributed by atoms with E-state index in [0.29, 0.717) is 0 Å². The molecule has 0 amide bonds. The Kier molecular flexibility index (Phi) is 3.29. The minimum atomic E-state index is 0.730. The van der Waals surface area contributed by atoms with Crippen LogP contribution in [0.2, 0.25) is 0 Å².